The molecule has 0 spiro atoms. The third kappa shape index (κ3) is 1.57. The van der Waals surface area contributed by atoms with E-state index in [0.717, 1.165) is 6.42 Å². The van der Waals surface area contributed by atoms with Gasteiger partial charge in [-0.15, -0.1) is 0 Å². The van der Waals surface area contributed by atoms with Crippen molar-refractivity contribution >= 4 is 5.97 Å². The van der Waals surface area contributed by atoms with E-state index in [2.05, 4.69) is 0 Å². The number of rotatable bonds is 1. The zero-order chi connectivity index (χ0) is 7.56. The van der Waals surface area contributed by atoms with Crippen LogP contribution in [0.2, 0.25) is 0 Å². The zero-order valence-electron chi connectivity index (χ0n) is 5.71. The van der Waals surface area contributed by atoms with E-state index < -0.39 is 5.97 Å². The molecule has 0 heterocycles. The van der Waals surface area contributed by atoms with Gasteiger partial charge in [-0.2, -0.15) is 0 Å². The highest BCUT2D eigenvalue weighted by Gasteiger charge is 2.14. The second-order valence-electron chi connectivity index (χ2n) is 2.57. The molecule has 0 amide bonds. The van der Waals surface area contributed by atoms with Gasteiger partial charge in [-0.3, -0.25) is 0 Å². The SMILES string of the molecule is N[C@@H]1CC=C(C(=O)O)CC1. The van der Waals surface area contributed by atoms with Crippen molar-refractivity contribution < 1.29 is 9.90 Å². The molecule has 0 radical (unpaired) electrons. The van der Waals surface area contributed by atoms with Crippen LogP contribution < -0.4 is 5.73 Å². The van der Waals surface area contributed by atoms with Crippen molar-refractivity contribution in [3.05, 3.63) is 11.6 Å². The summed E-state index contributed by atoms with van der Waals surface area (Å²) in [7, 11) is 0. The number of hydrogen-bond acceptors (Lipinski definition) is 2. The highest BCUT2D eigenvalue weighted by Crippen LogP contribution is 2.16. The molecule has 1 atom stereocenters. The average Bonchev–Trinajstić information content (AvgIpc) is 1.88. The minimum Gasteiger partial charge on any atom is -0.478 e. The topological polar surface area (TPSA) is 63.3 Å². The van der Waals surface area contributed by atoms with E-state index in [9.17, 15) is 4.79 Å². The molecule has 1 aliphatic rings. The molecule has 1 aliphatic carbocycles. The van der Waals surface area contributed by atoms with E-state index in [0.29, 0.717) is 18.4 Å². The maximum atomic E-state index is 10.4. The van der Waals surface area contributed by atoms with E-state index in [1.807, 2.05) is 0 Å². The average molecular weight is 141 g/mol. The third-order valence-electron chi connectivity index (χ3n) is 1.73. The summed E-state index contributed by atoms with van der Waals surface area (Å²) in [6, 6.07) is 0.170. The van der Waals surface area contributed by atoms with E-state index in [1.165, 1.54) is 0 Å². The van der Waals surface area contributed by atoms with Crippen molar-refractivity contribution in [1.82, 2.24) is 0 Å². The lowest BCUT2D eigenvalue weighted by Crippen LogP contribution is -2.23. The van der Waals surface area contributed by atoms with Gasteiger partial charge in [0.2, 0.25) is 0 Å². The van der Waals surface area contributed by atoms with Crippen LogP contribution in [0.25, 0.3) is 0 Å². The summed E-state index contributed by atoms with van der Waals surface area (Å²) < 4.78 is 0. The van der Waals surface area contributed by atoms with E-state index in [4.69, 9.17) is 10.8 Å². The number of carboxylic acid groups (broad SMARTS) is 1. The molecule has 56 valence electrons. The standard InChI is InChI=1S/C7H11NO2/c8-6-3-1-5(2-4-6)7(9)10/h1,6H,2-4,8H2,(H,9,10)/t6-/m1/s1. The minimum absolute atomic E-state index is 0.170. The smallest absolute Gasteiger partial charge is 0.331 e. The first-order valence-electron chi connectivity index (χ1n) is 3.38. The Hall–Kier alpha value is -0.830. The molecule has 3 heteroatoms. The molecule has 0 bridgehead atoms. The number of aliphatic carboxylic acids is 1. The summed E-state index contributed by atoms with van der Waals surface area (Å²) in [4.78, 5) is 10.4. The van der Waals surface area contributed by atoms with Crippen LogP contribution in [0.1, 0.15) is 19.3 Å². The Bertz CT molecular complexity index is 174. The molecule has 0 fully saturated rings. The quantitative estimate of drug-likeness (QED) is 0.559. The minimum atomic E-state index is -0.799. The molecule has 0 aliphatic heterocycles. The second kappa shape index (κ2) is 2.84. The van der Waals surface area contributed by atoms with Gasteiger partial charge in [0.1, 0.15) is 0 Å². The summed E-state index contributed by atoms with van der Waals surface area (Å²) in [5.74, 6) is -0.799. The van der Waals surface area contributed by atoms with Gasteiger partial charge in [0, 0.05) is 11.6 Å². The van der Waals surface area contributed by atoms with Crippen LogP contribution in [-0.4, -0.2) is 17.1 Å². The van der Waals surface area contributed by atoms with Gasteiger partial charge in [-0.25, -0.2) is 4.79 Å². The number of nitrogens with two attached hydrogens (primary N) is 1. The van der Waals surface area contributed by atoms with Crippen LogP contribution in [0.3, 0.4) is 0 Å². The fraction of sp³-hybridized carbons (Fsp3) is 0.571. The molecular formula is C7H11NO2. The first-order valence-corrected chi connectivity index (χ1v) is 3.38. The van der Waals surface area contributed by atoms with Gasteiger partial charge < -0.3 is 10.8 Å². The second-order valence-corrected chi connectivity index (χ2v) is 2.57. The monoisotopic (exact) mass is 141 g/mol. The Morgan fingerprint density at radius 1 is 1.80 bits per heavy atom. The van der Waals surface area contributed by atoms with Crippen LogP contribution >= 0.6 is 0 Å². The normalized spacial score (nSPS) is 25.7. The van der Waals surface area contributed by atoms with Crippen LogP contribution in [0.4, 0.5) is 0 Å². The van der Waals surface area contributed by atoms with Crippen molar-refractivity contribution in [2.45, 2.75) is 25.3 Å². The van der Waals surface area contributed by atoms with E-state index in [1.54, 1.807) is 6.08 Å². The van der Waals surface area contributed by atoms with E-state index >= 15 is 0 Å². The van der Waals surface area contributed by atoms with Gasteiger partial charge in [-0.1, -0.05) is 6.08 Å². The first kappa shape index (κ1) is 7.28. The van der Waals surface area contributed by atoms with Crippen molar-refractivity contribution in [3.63, 3.8) is 0 Å². The largest absolute Gasteiger partial charge is 0.478 e. The molecule has 3 nitrogen and oxygen atoms in total. The van der Waals surface area contributed by atoms with Crippen molar-refractivity contribution in [2.75, 3.05) is 0 Å². The first-order chi connectivity index (χ1) is 4.70. The molecule has 0 saturated heterocycles. The molecule has 3 N–H and O–H groups in total. The van der Waals surface area contributed by atoms with Crippen molar-refractivity contribution in [3.8, 4) is 0 Å². The highest BCUT2D eigenvalue weighted by atomic mass is 16.4. The molecule has 0 saturated carbocycles. The molecule has 0 unspecified atom stereocenters. The number of hydrogen-bond donors (Lipinski definition) is 2. The molecule has 0 aromatic rings. The maximum Gasteiger partial charge on any atom is 0.331 e. The molecule has 0 aromatic heterocycles. The lowest BCUT2D eigenvalue weighted by molar-refractivity contribution is -0.132. The predicted molar refractivity (Wildman–Crippen MR) is 37.5 cm³/mol. The fourth-order valence-electron chi connectivity index (χ4n) is 1.05. The van der Waals surface area contributed by atoms with Crippen LogP contribution in [0, 0.1) is 0 Å². The summed E-state index contributed by atoms with van der Waals surface area (Å²) in [6.07, 6.45) is 3.85. The highest BCUT2D eigenvalue weighted by molar-refractivity contribution is 5.86. The Morgan fingerprint density at radius 2 is 2.50 bits per heavy atom. The third-order valence-corrected chi connectivity index (χ3v) is 1.73. The predicted octanol–water partition coefficient (Wildman–Crippen LogP) is 0.509. The Balaban J connectivity index is 2.56. The summed E-state index contributed by atoms with van der Waals surface area (Å²) in [6.45, 7) is 0. The lowest BCUT2D eigenvalue weighted by atomic mass is 9.96. The number of carbonyl (C=O) groups is 1. The molecule has 0 aromatic carbocycles. The van der Waals surface area contributed by atoms with Crippen molar-refractivity contribution in [1.29, 1.82) is 0 Å². The Labute approximate surface area is 59.5 Å². The summed E-state index contributed by atoms with van der Waals surface area (Å²) in [5, 5.41) is 8.52. The molecular weight excluding hydrogens is 130 g/mol. The lowest BCUT2D eigenvalue weighted by Gasteiger charge is -2.14. The Morgan fingerprint density at radius 3 is 2.90 bits per heavy atom. The number of carboxylic acids is 1. The zero-order valence-corrected chi connectivity index (χ0v) is 5.71. The Kier molecular flexibility index (Phi) is 2.06. The van der Waals surface area contributed by atoms with Crippen LogP contribution in [0.5, 0.6) is 0 Å². The summed E-state index contributed by atoms with van der Waals surface area (Å²) >= 11 is 0. The van der Waals surface area contributed by atoms with Crippen molar-refractivity contribution in [2.24, 2.45) is 5.73 Å². The maximum absolute atomic E-state index is 10.4. The molecule has 10 heavy (non-hydrogen) atoms. The van der Waals surface area contributed by atoms with Gasteiger partial charge in [0.05, 0.1) is 0 Å². The van der Waals surface area contributed by atoms with Crippen LogP contribution in [0.15, 0.2) is 11.6 Å². The van der Waals surface area contributed by atoms with Gasteiger partial charge >= 0.3 is 5.97 Å². The fourth-order valence-corrected chi connectivity index (χ4v) is 1.05. The van der Waals surface area contributed by atoms with Gasteiger partial charge in [0.25, 0.3) is 0 Å². The van der Waals surface area contributed by atoms with Crippen LogP contribution in [-0.2, 0) is 4.79 Å². The van der Waals surface area contributed by atoms with E-state index in [-0.39, 0.29) is 6.04 Å². The van der Waals surface area contributed by atoms with Gasteiger partial charge in [0.15, 0.2) is 0 Å². The van der Waals surface area contributed by atoms with Gasteiger partial charge in [-0.05, 0) is 19.3 Å². The molecule has 1 rings (SSSR count). The summed E-state index contributed by atoms with van der Waals surface area (Å²) in [5.41, 5.74) is 6.08.